The highest BCUT2D eigenvalue weighted by atomic mass is 16.5. The monoisotopic (exact) mass is 383 g/mol. The van der Waals surface area contributed by atoms with E-state index in [4.69, 9.17) is 9.84 Å². The van der Waals surface area contributed by atoms with Crippen LogP contribution in [0.3, 0.4) is 0 Å². The van der Waals surface area contributed by atoms with Crippen LogP contribution in [0.2, 0.25) is 0 Å². The fourth-order valence-corrected chi connectivity index (χ4v) is 2.86. The fourth-order valence-electron chi connectivity index (χ4n) is 2.86. The van der Waals surface area contributed by atoms with Crippen molar-refractivity contribution in [1.29, 1.82) is 0 Å². The molecule has 2 aromatic carbocycles. The molecule has 1 unspecified atom stereocenters. The minimum absolute atomic E-state index is 0.00166. The third-order valence-corrected chi connectivity index (χ3v) is 4.33. The van der Waals surface area contributed by atoms with Gasteiger partial charge in [-0.3, -0.25) is 4.79 Å². The highest BCUT2D eigenvalue weighted by molar-refractivity contribution is 5.79. The van der Waals surface area contributed by atoms with Gasteiger partial charge in [0.15, 0.2) is 0 Å². The summed E-state index contributed by atoms with van der Waals surface area (Å²) in [5, 5.41) is 18.7. The van der Waals surface area contributed by atoms with Gasteiger partial charge in [0.25, 0.3) is 0 Å². The minimum Gasteiger partial charge on any atom is -0.460 e. The summed E-state index contributed by atoms with van der Waals surface area (Å²) in [5.74, 6) is 0.409. The first-order chi connectivity index (χ1) is 13.5. The first-order valence-electron chi connectivity index (χ1n) is 9.04. The lowest BCUT2D eigenvalue weighted by Crippen LogP contribution is -2.37. The predicted octanol–water partition coefficient (Wildman–Crippen LogP) is 1.59. The van der Waals surface area contributed by atoms with E-state index in [1.165, 1.54) is 4.90 Å². The number of hydrogen-bond acceptors (Lipinski definition) is 6. The molecule has 0 aliphatic carbocycles. The van der Waals surface area contributed by atoms with Crippen molar-refractivity contribution in [2.75, 3.05) is 20.2 Å². The molecule has 0 saturated heterocycles. The second-order valence-corrected chi connectivity index (χ2v) is 6.54. The van der Waals surface area contributed by atoms with Gasteiger partial charge in [-0.25, -0.2) is 4.79 Å². The van der Waals surface area contributed by atoms with Gasteiger partial charge in [-0.05, 0) is 17.5 Å². The largest absolute Gasteiger partial charge is 0.460 e. The summed E-state index contributed by atoms with van der Waals surface area (Å²) in [6.45, 7) is -0.351. The molecule has 0 fully saturated rings. The smallest absolute Gasteiger partial charge is 0.316 e. The van der Waals surface area contributed by atoms with E-state index in [9.17, 15) is 14.7 Å². The lowest BCUT2D eigenvalue weighted by Gasteiger charge is -2.27. The molecule has 28 heavy (non-hydrogen) atoms. The molecular formula is C22H25NO5. The highest BCUT2D eigenvalue weighted by Crippen LogP contribution is 2.21. The van der Waals surface area contributed by atoms with Crippen LogP contribution in [0.4, 0.5) is 0 Å². The third-order valence-electron chi connectivity index (χ3n) is 4.33. The Kier molecular flexibility index (Phi) is 8.43. The van der Waals surface area contributed by atoms with Crippen LogP contribution in [0.15, 0.2) is 66.4 Å². The molecule has 0 aliphatic rings. The van der Waals surface area contributed by atoms with Crippen molar-refractivity contribution in [3.63, 3.8) is 0 Å². The Morgan fingerprint density at radius 1 is 1.07 bits per heavy atom. The molecule has 0 aromatic heterocycles. The number of aliphatic hydroxyl groups excluding tert-OH is 2. The van der Waals surface area contributed by atoms with E-state index in [0.717, 1.165) is 11.1 Å². The van der Waals surface area contributed by atoms with Crippen molar-refractivity contribution in [2.45, 2.75) is 19.1 Å². The van der Waals surface area contributed by atoms with Crippen molar-refractivity contribution in [2.24, 2.45) is 5.92 Å². The third kappa shape index (κ3) is 6.35. The number of nitrogens with zero attached hydrogens (tertiary/aromatic N) is 1. The van der Waals surface area contributed by atoms with E-state index in [0.29, 0.717) is 0 Å². The Labute approximate surface area is 164 Å². The average molecular weight is 383 g/mol. The molecule has 148 valence electrons. The number of aliphatic hydroxyl groups is 2. The van der Waals surface area contributed by atoms with Crippen LogP contribution in [-0.2, 0) is 27.4 Å². The van der Waals surface area contributed by atoms with Crippen molar-refractivity contribution >= 4 is 11.9 Å². The molecule has 2 aromatic rings. The van der Waals surface area contributed by atoms with E-state index in [2.05, 4.69) is 0 Å². The first-order valence-corrected chi connectivity index (χ1v) is 9.04. The lowest BCUT2D eigenvalue weighted by atomic mass is 9.95. The molecule has 2 atom stereocenters. The van der Waals surface area contributed by atoms with E-state index in [1.54, 1.807) is 7.05 Å². The Morgan fingerprint density at radius 3 is 2.18 bits per heavy atom. The van der Waals surface area contributed by atoms with Crippen LogP contribution in [0.5, 0.6) is 0 Å². The average Bonchev–Trinajstić information content (AvgIpc) is 2.73. The molecule has 2 N–H and O–H groups in total. The van der Waals surface area contributed by atoms with Crippen molar-refractivity contribution in [1.82, 2.24) is 4.90 Å². The molecule has 0 radical (unpaired) electrons. The number of hydrogen-bond donors (Lipinski definition) is 2. The summed E-state index contributed by atoms with van der Waals surface area (Å²) in [6, 6.07) is 18.6. The van der Waals surface area contributed by atoms with Gasteiger partial charge in [0, 0.05) is 13.6 Å². The van der Waals surface area contributed by atoms with Crippen molar-refractivity contribution < 1.29 is 24.5 Å². The molecule has 0 bridgehead atoms. The van der Waals surface area contributed by atoms with Gasteiger partial charge in [-0.2, -0.15) is 0 Å². The Balaban J connectivity index is 2.19. The molecule has 0 aliphatic heterocycles. The molecule has 0 saturated carbocycles. The van der Waals surface area contributed by atoms with Crippen LogP contribution >= 0.6 is 0 Å². The van der Waals surface area contributed by atoms with Gasteiger partial charge in [0.2, 0.25) is 0 Å². The maximum absolute atomic E-state index is 12.8. The number of ether oxygens (including phenoxy) is 1. The number of carbonyl (C=O) groups excluding carboxylic acids is 2. The van der Waals surface area contributed by atoms with E-state index in [1.807, 2.05) is 66.6 Å². The molecule has 6 nitrogen and oxygen atoms in total. The quantitative estimate of drug-likeness (QED) is 0.479. The summed E-state index contributed by atoms with van der Waals surface area (Å²) < 4.78 is 5.45. The van der Waals surface area contributed by atoms with E-state index >= 15 is 0 Å². The first kappa shape index (κ1) is 21.4. The second-order valence-electron chi connectivity index (χ2n) is 6.54. The number of carbonyl (C=O) groups is 1. The number of likely N-dealkylation sites (N-methyl/N-ethyl adjacent to an activating group) is 1. The van der Waals surface area contributed by atoms with Gasteiger partial charge < -0.3 is 19.8 Å². The van der Waals surface area contributed by atoms with Crippen LogP contribution in [-0.4, -0.2) is 53.3 Å². The van der Waals surface area contributed by atoms with Gasteiger partial charge in [-0.1, -0.05) is 60.7 Å². The maximum atomic E-state index is 12.8. The Bertz CT molecular complexity index is 787. The van der Waals surface area contributed by atoms with Gasteiger partial charge in [0.05, 0.1) is 12.7 Å². The van der Waals surface area contributed by atoms with Gasteiger partial charge in [-0.15, -0.1) is 0 Å². The zero-order valence-electron chi connectivity index (χ0n) is 15.8. The number of benzene rings is 2. The van der Waals surface area contributed by atoms with E-state index in [-0.39, 0.29) is 25.3 Å². The van der Waals surface area contributed by atoms with Crippen molar-refractivity contribution in [3.8, 4) is 0 Å². The fraction of sp³-hybridized carbons (Fsp3) is 0.318. The maximum Gasteiger partial charge on any atom is 0.316 e. The molecule has 2 rings (SSSR count). The SMILES string of the molecule is CN(CC(O)CO)C(=C=O)[C@@H](Cc1ccccc1)C(=O)OCc1ccccc1. The van der Waals surface area contributed by atoms with Gasteiger partial charge in [0.1, 0.15) is 24.2 Å². The zero-order chi connectivity index (χ0) is 20.4. The Morgan fingerprint density at radius 2 is 1.64 bits per heavy atom. The molecular weight excluding hydrogens is 358 g/mol. The van der Waals surface area contributed by atoms with Crippen molar-refractivity contribution in [3.05, 3.63) is 77.5 Å². The van der Waals surface area contributed by atoms with Crippen LogP contribution in [0, 0.1) is 5.92 Å². The number of esters is 1. The predicted molar refractivity (Wildman–Crippen MR) is 105 cm³/mol. The zero-order valence-corrected chi connectivity index (χ0v) is 15.8. The second kappa shape index (κ2) is 11.0. The molecule has 0 amide bonds. The van der Waals surface area contributed by atoms with Crippen LogP contribution in [0.1, 0.15) is 11.1 Å². The van der Waals surface area contributed by atoms with Crippen LogP contribution < -0.4 is 0 Å². The summed E-state index contributed by atoms with van der Waals surface area (Å²) in [4.78, 5) is 25.9. The summed E-state index contributed by atoms with van der Waals surface area (Å²) in [6.07, 6.45) is -0.774. The molecule has 0 spiro atoms. The molecule has 6 heteroatoms. The summed E-state index contributed by atoms with van der Waals surface area (Å²) in [7, 11) is 1.57. The molecule has 0 heterocycles. The summed E-state index contributed by atoms with van der Waals surface area (Å²) >= 11 is 0. The summed E-state index contributed by atoms with van der Waals surface area (Å²) in [5.41, 5.74) is 1.79. The number of rotatable bonds is 10. The highest BCUT2D eigenvalue weighted by Gasteiger charge is 2.29. The normalized spacial score (nSPS) is 12.5. The standard InChI is InChI=1S/C22H25NO5/c1-23(13-19(26)14-24)21(15-25)20(12-17-8-4-2-5-9-17)22(27)28-16-18-10-6-3-7-11-18/h2-11,19-20,24,26H,12-14,16H2,1H3/t19?,20-/m1/s1. The topological polar surface area (TPSA) is 87.1 Å². The Hall–Kier alpha value is -2.92. The van der Waals surface area contributed by atoms with Gasteiger partial charge >= 0.3 is 5.97 Å². The minimum atomic E-state index is -1.04. The lowest BCUT2D eigenvalue weighted by molar-refractivity contribution is -0.149. The van der Waals surface area contributed by atoms with Crippen LogP contribution in [0.25, 0.3) is 0 Å². The van der Waals surface area contributed by atoms with E-state index < -0.39 is 24.6 Å².